The van der Waals surface area contributed by atoms with Crippen LogP contribution in [-0.4, -0.2) is 11.9 Å². The smallest absolute Gasteiger partial charge is 0.223 e. The maximum Gasteiger partial charge on any atom is 0.223 e. The van der Waals surface area contributed by atoms with E-state index in [1.54, 1.807) is 6.92 Å². The molecule has 0 aromatic heterocycles. The Morgan fingerprint density at radius 2 is 1.88 bits per heavy atom. The Morgan fingerprint density at radius 1 is 1.17 bits per heavy atom. The van der Waals surface area contributed by atoms with E-state index in [4.69, 9.17) is 5.73 Å². The molecule has 4 N–H and O–H groups in total. The van der Waals surface area contributed by atoms with Crippen molar-refractivity contribution in [3.05, 3.63) is 72.2 Å². The van der Waals surface area contributed by atoms with Crippen LogP contribution in [0.2, 0.25) is 0 Å². The summed E-state index contributed by atoms with van der Waals surface area (Å²) in [6, 6.07) is 13.5. The fourth-order valence-corrected chi connectivity index (χ4v) is 1.94. The van der Waals surface area contributed by atoms with Crippen molar-refractivity contribution in [2.75, 3.05) is 5.32 Å². The lowest BCUT2D eigenvalue weighted by molar-refractivity contribution is 0.628. The fourth-order valence-electron chi connectivity index (χ4n) is 1.94. The second kappa shape index (κ2) is 7.92. The van der Waals surface area contributed by atoms with Crippen molar-refractivity contribution < 1.29 is 4.39 Å². The third kappa shape index (κ3) is 5.57. The highest BCUT2D eigenvalue weighted by molar-refractivity contribution is 6.02. The molecule has 0 aliphatic rings. The summed E-state index contributed by atoms with van der Waals surface area (Å²) in [7, 11) is 0. The van der Waals surface area contributed by atoms with Gasteiger partial charge in [0.2, 0.25) is 11.9 Å². The van der Waals surface area contributed by atoms with Gasteiger partial charge >= 0.3 is 0 Å². The van der Waals surface area contributed by atoms with Crippen molar-refractivity contribution in [3.63, 3.8) is 0 Å². The molecular formula is C18H20FN5. The molecule has 0 saturated carbocycles. The molecule has 2 aromatic rings. The number of guanidine groups is 2. The summed E-state index contributed by atoms with van der Waals surface area (Å²) >= 11 is 0. The van der Waals surface area contributed by atoms with E-state index in [0.717, 1.165) is 11.3 Å². The molecule has 0 heterocycles. The number of aliphatic imine (C=N–C) groups is 2. The lowest BCUT2D eigenvalue weighted by Gasteiger charge is -2.12. The SMILES string of the molecule is C=C(C)NC(=NC(N)=Nc1ccc(F)cc1)Nc1cccc(C)c1. The van der Waals surface area contributed by atoms with Gasteiger partial charge in [-0.3, -0.25) is 0 Å². The number of nitrogens with zero attached hydrogens (tertiary/aromatic N) is 2. The minimum absolute atomic E-state index is 0.0329. The summed E-state index contributed by atoms with van der Waals surface area (Å²) in [5, 5.41) is 6.13. The third-order valence-corrected chi connectivity index (χ3v) is 2.91. The molecule has 0 bridgehead atoms. The second-order valence-corrected chi connectivity index (χ2v) is 5.31. The van der Waals surface area contributed by atoms with Crippen LogP contribution in [0.25, 0.3) is 0 Å². The number of anilines is 1. The van der Waals surface area contributed by atoms with Crippen molar-refractivity contribution >= 4 is 23.3 Å². The Bertz CT molecular complexity index is 778. The van der Waals surface area contributed by atoms with E-state index >= 15 is 0 Å². The first-order valence-electron chi connectivity index (χ1n) is 7.37. The number of hydrogen-bond donors (Lipinski definition) is 3. The number of hydrogen-bond acceptors (Lipinski definition) is 1. The van der Waals surface area contributed by atoms with Crippen LogP contribution in [-0.2, 0) is 0 Å². The number of halogens is 1. The van der Waals surface area contributed by atoms with Gasteiger partial charge in [-0.1, -0.05) is 18.7 Å². The maximum atomic E-state index is 12.9. The second-order valence-electron chi connectivity index (χ2n) is 5.31. The zero-order chi connectivity index (χ0) is 17.5. The van der Waals surface area contributed by atoms with Crippen molar-refractivity contribution in [1.29, 1.82) is 0 Å². The Labute approximate surface area is 140 Å². The molecule has 0 fully saturated rings. The molecule has 0 saturated heterocycles. The molecule has 0 radical (unpaired) electrons. The zero-order valence-electron chi connectivity index (χ0n) is 13.7. The van der Waals surface area contributed by atoms with Crippen molar-refractivity contribution in [2.24, 2.45) is 15.7 Å². The molecule has 0 spiro atoms. The van der Waals surface area contributed by atoms with Gasteiger partial charge in [-0.25, -0.2) is 9.38 Å². The molecule has 2 rings (SSSR count). The van der Waals surface area contributed by atoms with Crippen molar-refractivity contribution in [2.45, 2.75) is 13.8 Å². The lowest BCUT2D eigenvalue weighted by atomic mass is 10.2. The average Bonchev–Trinajstić information content (AvgIpc) is 2.49. The van der Waals surface area contributed by atoms with Gasteiger partial charge in [-0.2, -0.15) is 4.99 Å². The highest BCUT2D eigenvalue weighted by Crippen LogP contribution is 2.12. The number of benzene rings is 2. The molecule has 0 aliphatic heterocycles. The predicted octanol–water partition coefficient (Wildman–Crippen LogP) is 3.67. The van der Waals surface area contributed by atoms with Crippen LogP contribution >= 0.6 is 0 Å². The van der Waals surface area contributed by atoms with Gasteiger partial charge in [0.1, 0.15) is 5.82 Å². The molecule has 2 aromatic carbocycles. The maximum absolute atomic E-state index is 12.9. The standard InChI is InChI=1S/C18H20FN5/c1-12(2)21-18(23-16-6-4-5-13(3)11-16)24-17(20)22-15-9-7-14(19)8-10-15/h4-11H,1H2,2-3H3,(H4,20,21,22,23,24). The summed E-state index contributed by atoms with van der Waals surface area (Å²) in [6.45, 7) is 7.61. The summed E-state index contributed by atoms with van der Waals surface area (Å²) in [5.74, 6) is 0.101. The molecule has 6 heteroatoms. The van der Waals surface area contributed by atoms with E-state index < -0.39 is 0 Å². The molecule has 0 amide bonds. The number of nitrogens with two attached hydrogens (primary N) is 1. The van der Waals surface area contributed by atoms with E-state index in [2.05, 4.69) is 27.2 Å². The van der Waals surface area contributed by atoms with Crippen LogP contribution in [0.5, 0.6) is 0 Å². The molecule has 24 heavy (non-hydrogen) atoms. The summed E-state index contributed by atoms with van der Waals surface area (Å²) in [6.07, 6.45) is 0. The van der Waals surface area contributed by atoms with Gasteiger partial charge < -0.3 is 16.4 Å². The molecule has 0 atom stereocenters. The van der Waals surface area contributed by atoms with Crippen LogP contribution in [0.3, 0.4) is 0 Å². The topological polar surface area (TPSA) is 74.8 Å². The van der Waals surface area contributed by atoms with E-state index in [0.29, 0.717) is 17.3 Å². The number of allylic oxidation sites excluding steroid dienone is 1. The summed E-state index contributed by atoms with van der Waals surface area (Å²) in [5.41, 5.74) is 9.05. The van der Waals surface area contributed by atoms with Crippen LogP contribution in [0.4, 0.5) is 15.8 Å². The summed E-state index contributed by atoms with van der Waals surface area (Å²) in [4.78, 5) is 8.36. The Morgan fingerprint density at radius 3 is 2.50 bits per heavy atom. The quantitative estimate of drug-likeness (QED) is 0.595. The monoisotopic (exact) mass is 325 g/mol. The minimum Gasteiger partial charge on any atom is -0.368 e. The van der Waals surface area contributed by atoms with Gasteiger partial charge in [-0.15, -0.1) is 0 Å². The normalized spacial score (nSPS) is 12.0. The van der Waals surface area contributed by atoms with Gasteiger partial charge in [-0.05, 0) is 55.8 Å². The number of rotatable bonds is 3. The molecule has 124 valence electrons. The number of nitrogens with one attached hydrogen (secondary N) is 2. The summed E-state index contributed by atoms with van der Waals surface area (Å²) < 4.78 is 12.9. The van der Waals surface area contributed by atoms with Gasteiger partial charge in [0.15, 0.2) is 0 Å². The van der Waals surface area contributed by atoms with Crippen LogP contribution in [0, 0.1) is 12.7 Å². The number of aryl methyl sites for hydroxylation is 1. The van der Waals surface area contributed by atoms with Crippen LogP contribution in [0.15, 0.2) is 70.8 Å². The van der Waals surface area contributed by atoms with E-state index in [1.807, 2.05) is 31.2 Å². The Balaban J connectivity index is 2.23. The lowest BCUT2D eigenvalue weighted by Crippen LogP contribution is -2.31. The van der Waals surface area contributed by atoms with Crippen molar-refractivity contribution in [3.8, 4) is 0 Å². The van der Waals surface area contributed by atoms with Crippen LogP contribution in [0.1, 0.15) is 12.5 Å². The minimum atomic E-state index is -0.332. The van der Waals surface area contributed by atoms with Gasteiger partial charge in [0.25, 0.3) is 0 Å². The van der Waals surface area contributed by atoms with Crippen molar-refractivity contribution in [1.82, 2.24) is 5.32 Å². The molecule has 0 unspecified atom stereocenters. The van der Waals surface area contributed by atoms with Gasteiger partial charge in [0.05, 0.1) is 5.69 Å². The average molecular weight is 325 g/mol. The van der Waals surface area contributed by atoms with E-state index in [1.165, 1.54) is 24.3 Å². The van der Waals surface area contributed by atoms with E-state index in [9.17, 15) is 4.39 Å². The first kappa shape index (κ1) is 17.2. The van der Waals surface area contributed by atoms with E-state index in [-0.39, 0.29) is 11.8 Å². The highest BCUT2D eigenvalue weighted by atomic mass is 19.1. The zero-order valence-corrected chi connectivity index (χ0v) is 13.7. The molecular weight excluding hydrogens is 305 g/mol. The molecule has 5 nitrogen and oxygen atoms in total. The first-order chi connectivity index (χ1) is 11.4. The Kier molecular flexibility index (Phi) is 5.68. The van der Waals surface area contributed by atoms with Gasteiger partial charge in [0, 0.05) is 11.4 Å². The van der Waals surface area contributed by atoms with Crippen LogP contribution < -0.4 is 16.4 Å². The Hall–Kier alpha value is -3.15. The third-order valence-electron chi connectivity index (χ3n) is 2.91. The predicted molar refractivity (Wildman–Crippen MR) is 97.9 cm³/mol. The molecule has 0 aliphatic carbocycles. The largest absolute Gasteiger partial charge is 0.368 e. The first-order valence-corrected chi connectivity index (χ1v) is 7.37. The highest BCUT2D eigenvalue weighted by Gasteiger charge is 2.02. The fraction of sp³-hybridized carbons (Fsp3) is 0.111.